The minimum atomic E-state index is -4.67. The van der Waals surface area contributed by atoms with E-state index in [0.29, 0.717) is 18.9 Å². The zero-order valence-corrected chi connectivity index (χ0v) is 16.3. The van der Waals surface area contributed by atoms with Gasteiger partial charge in [-0.05, 0) is 31.0 Å². The average molecular weight is 432 g/mol. The van der Waals surface area contributed by atoms with E-state index in [1.54, 1.807) is 0 Å². The molecule has 158 valence electrons. The number of urea groups is 1. The Morgan fingerprint density at radius 3 is 2.38 bits per heavy atom. The predicted molar refractivity (Wildman–Crippen MR) is 100 cm³/mol. The van der Waals surface area contributed by atoms with E-state index < -0.39 is 46.7 Å². The third-order valence-electron chi connectivity index (χ3n) is 5.31. The van der Waals surface area contributed by atoms with Crippen LogP contribution in [-0.4, -0.2) is 34.8 Å². The Bertz CT molecular complexity index is 821. The lowest BCUT2D eigenvalue weighted by Crippen LogP contribution is -2.47. The highest BCUT2D eigenvalue weighted by Gasteiger charge is 2.50. The summed E-state index contributed by atoms with van der Waals surface area (Å²) < 4.78 is 38.9. The van der Waals surface area contributed by atoms with E-state index in [1.165, 1.54) is 6.07 Å². The second kappa shape index (κ2) is 8.22. The van der Waals surface area contributed by atoms with E-state index >= 15 is 0 Å². The minimum Gasteiger partial charge on any atom is -0.325 e. The van der Waals surface area contributed by atoms with Crippen LogP contribution >= 0.6 is 11.6 Å². The van der Waals surface area contributed by atoms with Gasteiger partial charge in [-0.1, -0.05) is 43.7 Å². The maximum Gasteiger partial charge on any atom is 0.417 e. The molecule has 0 unspecified atom stereocenters. The summed E-state index contributed by atoms with van der Waals surface area (Å²) in [7, 11) is 0. The summed E-state index contributed by atoms with van der Waals surface area (Å²) in [6.45, 7) is -0.573. The molecule has 1 heterocycles. The third kappa shape index (κ3) is 4.66. The van der Waals surface area contributed by atoms with Crippen molar-refractivity contribution in [2.45, 2.75) is 56.7 Å². The number of benzene rings is 1. The highest BCUT2D eigenvalue weighted by Crippen LogP contribution is 2.36. The van der Waals surface area contributed by atoms with Gasteiger partial charge < -0.3 is 10.6 Å². The molecule has 1 aliphatic carbocycles. The normalized spacial score (nSPS) is 19.7. The Labute approximate surface area is 170 Å². The van der Waals surface area contributed by atoms with Crippen molar-refractivity contribution in [3.63, 3.8) is 0 Å². The van der Waals surface area contributed by atoms with E-state index in [-0.39, 0.29) is 5.69 Å². The molecule has 4 amide bonds. The van der Waals surface area contributed by atoms with Gasteiger partial charge in [0.1, 0.15) is 12.1 Å². The summed E-state index contributed by atoms with van der Waals surface area (Å²) in [6.07, 6.45) is 1.00. The van der Waals surface area contributed by atoms with Crippen molar-refractivity contribution in [3.8, 4) is 0 Å². The monoisotopic (exact) mass is 431 g/mol. The number of carbonyl (C=O) groups is 3. The molecule has 0 bridgehead atoms. The highest BCUT2D eigenvalue weighted by molar-refractivity contribution is 6.31. The molecule has 2 N–H and O–H groups in total. The predicted octanol–water partition coefficient (Wildman–Crippen LogP) is 4.33. The Balaban J connectivity index is 1.69. The van der Waals surface area contributed by atoms with Crippen LogP contribution in [0.1, 0.15) is 50.5 Å². The molecule has 3 rings (SSSR count). The summed E-state index contributed by atoms with van der Waals surface area (Å²) in [5, 5.41) is 4.54. The van der Waals surface area contributed by atoms with Gasteiger partial charge in [-0.2, -0.15) is 13.2 Å². The van der Waals surface area contributed by atoms with Gasteiger partial charge >= 0.3 is 12.2 Å². The average Bonchev–Trinajstić information content (AvgIpc) is 2.84. The van der Waals surface area contributed by atoms with E-state index in [0.717, 1.165) is 43.1 Å². The molecule has 29 heavy (non-hydrogen) atoms. The Morgan fingerprint density at radius 1 is 1.14 bits per heavy atom. The zero-order valence-electron chi connectivity index (χ0n) is 15.6. The summed E-state index contributed by atoms with van der Waals surface area (Å²) in [5.41, 5.74) is -2.19. The molecule has 2 fully saturated rings. The number of hydrogen-bond donors (Lipinski definition) is 2. The maximum absolute atomic E-state index is 13.0. The maximum atomic E-state index is 13.0. The SMILES string of the molecule is O=C(CN1C(=O)NC2(CCCCCCC2)C1=O)Nc1ccc(Cl)c(C(F)(F)F)c1. The van der Waals surface area contributed by atoms with Crippen LogP contribution in [0.3, 0.4) is 0 Å². The van der Waals surface area contributed by atoms with Gasteiger partial charge in [-0.25, -0.2) is 4.79 Å². The van der Waals surface area contributed by atoms with Crippen molar-refractivity contribution in [2.75, 3.05) is 11.9 Å². The van der Waals surface area contributed by atoms with Crippen LogP contribution in [0.15, 0.2) is 18.2 Å². The number of imide groups is 1. The van der Waals surface area contributed by atoms with E-state index in [1.807, 2.05) is 0 Å². The van der Waals surface area contributed by atoms with Gasteiger partial charge in [0.05, 0.1) is 10.6 Å². The van der Waals surface area contributed by atoms with Crippen LogP contribution in [0, 0.1) is 0 Å². The standard InChI is InChI=1S/C19H21ClF3N3O3/c20-14-7-6-12(10-13(14)19(21,22)23)24-15(27)11-26-16(28)18(25-17(26)29)8-4-2-1-3-5-9-18/h6-7,10H,1-5,8-9,11H2,(H,24,27)(H,25,29). The molecular formula is C19H21ClF3N3O3. The molecule has 6 nitrogen and oxygen atoms in total. The fourth-order valence-electron chi connectivity index (χ4n) is 3.83. The number of amides is 4. The lowest BCUT2D eigenvalue weighted by Gasteiger charge is -2.28. The zero-order chi connectivity index (χ0) is 21.2. The van der Waals surface area contributed by atoms with Gasteiger partial charge in [0.2, 0.25) is 5.91 Å². The fourth-order valence-corrected chi connectivity index (χ4v) is 4.06. The number of anilines is 1. The van der Waals surface area contributed by atoms with Crippen LogP contribution in [-0.2, 0) is 15.8 Å². The minimum absolute atomic E-state index is 0.126. The molecule has 10 heteroatoms. The first-order valence-corrected chi connectivity index (χ1v) is 9.81. The number of alkyl halides is 3. The summed E-state index contributed by atoms with van der Waals surface area (Å²) in [6, 6.07) is 2.30. The molecule has 1 saturated carbocycles. The van der Waals surface area contributed by atoms with Crippen LogP contribution in [0.5, 0.6) is 0 Å². The van der Waals surface area contributed by atoms with Crippen LogP contribution in [0.25, 0.3) is 0 Å². The Kier molecular flexibility index (Phi) is 6.07. The molecule has 0 atom stereocenters. The van der Waals surface area contributed by atoms with Crippen LogP contribution in [0.4, 0.5) is 23.7 Å². The molecule has 2 aliphatic rings. The number of nitrogens with zero attached hydrogens (tertiary/aromatic N) is 1. The van der Waals surface area contributed by atoms with Crippen molar-refractivity contribution < 1.29 is 27.6 Å². The van der Waals surface area contributed by atoms with Crippen molar-refractivity contribution in [3.05, 3.63) is 28.8 Å². The lowest BCUT2D eigenvalue weighted by atomic mass is 9.84. The number of halogens is 4. The second-order valence-corrected chi connectivity index (χ2v) is 7.82. The molecule has 1 spiro atoms. The molecule has 1 saturated heterocycles. The van der Waals surface area contributed by atoms with Crippen LogP contribution < -0.4 is 10.6 Å². The number of rotatable bonds is 3. The molecule has 1 aliphatic heterocycles. The number of hydrogen-bond acceptors (Lipinski definition) is 3. The molecule has 0 aromatic heterocycles. The number of carbonyl (C=O) groups excluding carboxylic acids is 3. The van der Waals surface area contributed by atoms with E-state index in [9.17, 15) is 27.6 Å². The quantitative estimate of drug-likeness (QED) is 0.699. The summed E-state index contributed by atoms with van der Waals surface area (Å²) >= 11 is 5.56. The van der Waals surface area contributed by atoms with Crippen molar-refractivity contribution in [1.82, 2.24) is 10.2 Å². The Morgan fingerprint density at radius 2 is 1.76 bits per heavy atom. The third-order valence-corrected chi connectivity index (χ3v) is 5.64. The first-order chi connectivity index (χ1) is 13.6. The van der Waals surface area contributed by atoms with Gasteiger partial charge in [0.15, 0.2) is 0 Å². The van der Waals surface area contributed by atoms with Crippen molar-refractivity contribution in [2.24, 2.45) is 0 Å². The largest absolute Gasteiger partial charge is 0.417 e. The van der Waals surface area contributed by atoms with Gasteiger partial charge in [-0.3, -0.25) is 14.5 Å². The summed E-state index contributed by atoms with van der Waals surface area (Å²) in [5.74, 6) is -1.22. The van der Waals surface area contributed by atoms with Gasteiger partial charge in [0, 0.05) is 5.69 Å². The number of nitrogens with one attached hydrogen (secondary N) is 2. The summed E-state index contributed by atoms with van der Waals surface area (Å²) in [4.78, 5) is 38.3. The van der Waals surface area contributed by atoms with Crippen molar-refractivity contribution in [1.29, 1.82) is 0 Å². The fraction of sp³-hybridized carbons (Fsp3) is 0.526. The van der Waals surface area contributed by atoms with E-state index in [2.05, 4.69) is 10.6 Å². The Hall–Kier alpha value is -2.29. The molecule has 1 aromatic carbocycles. The van der Waals surface area contributed by atoms with Gasteiger partial charge in [0.25, 0.3) is 5.91 Å². The smallest absolute Gasteiger partial charge is 0.325 e. The second-order valence-electron chi connectivity index (χ2n) is 7.41. The van der Waals surface area contributed by atoms with Gasteiger partial charge in [-0.15, -0.1) is 0 Å². The van der Waals surface area contributed by atoms with Crippen LogP contribution in [0.2, 0.25) is 5.02 Å². The molecule has 0 radical (unpaired) electrons. The highest BCUT2D eigenvalue weighted by atomic mass is 35.5. The molecule has 1 aromatic rings. The van der Waals surface area contributed by atoms with E-state index in [4.69, 9.17) is 11.6 Å². The van der Waals surface area contributed by atoms with Crippen molar-refractivity contribution >= 4 is 35.1 Å². The topological polar surface area (TPSA) is 78.5 Å². The first-order valence-electron chi connectivity index (χ1n) is 9.43. The molecular weight excluding hydrogens is 411 g/mol. The first kappa shape index (κ1) is 21.4. The lowest BCUT2D eigenvalue weighted by molar-refractivity contribution is -0.137.